The second-order valence-corrected chi connectivity index (χ2v) is 5.23. The number of aryl methyl sites for hydroxylation is 1. The van der Waals surface area contributed by atoms with Gasteiger partial charge >= 0.3 is 6.03 Å². The Morgan fingerprint density at radius 3 is 2.62 bits per heavy atom. The average molecular weight is 323 g/mol. The van der Waals surface area contributed by atoms with Crippen molar-refractivity contribution in [1.29, 1.82) is 0 Å². The number of ether oxygens (including phenoxy) is 1. The standard InChI is InChI=1S/C18H17N3O3/c1-12-8-9-15(23-2)14(10-12)19-18(22)20-17-11-16(24-21-17)13-6-4-3-5-7-13/h3-11H,1-2H3,(H2,19,20,21,22). The number of hydrogen-bond donors (Lipinski definition) is 2. The number of urea groups is 1. The van der Waals surface area contributed by atoms with Crippen molar-refractivity contribution in [1.82, 2.24) is 5.16 Å². The lowest BCUT2D eigenvalue weighted by Crippen LogP contribution is -2.20. The third-order valence-corrected chi connectivity index (χ3v) is 3.41. The third-order valence-electron chi connectivity index (χ3n) is 3.41. The molecule has 122 valence electrons. The van der Waals surface area contributed by atoms with Gasteiger partial charge in [0.2, 0.25) is 0 Å². The molecule has 1 heterocycles. The largest absolute Gasteiger partial charge is 0.495 e. The Balaban J connectivity index is 1.70. The average Bonchev–Trinajstić information content (AvgIpc) is 3.04. The summed E-state index contributed by atoms with van der Waals surface area (Å²) < 4.78 is 10.5. The van der Waals surface area contributed by atoms with Crippen LogP contribution >= 0.6 is 0 Å². The highest BCUT2D eigenvalue weighted by Gasteiger charge is 2.11. The van der Waals surface area contributed by atoms with E-state index >= 15 is 0 Å². The van der Waals surface area contributed by atoms with E-state index < -0.39 is 6.03 Å². The molecule has 6 nitrogen and oxygen atoms in total. The molecule has 0 aliphatic carbocycles. The van der Waals surface area contributed by atoms with Crippen LogP contribution in [0.5, 0.6) is 5.75 Å². The maximum absolute atomic E-state index is 12.1. The summed E-state index contributed by atoms with van der Waals surface area (Å²) in [7, 11) is 1.55. The first-order valence-electron chi connectivity index (χ1n) is 7.40. The maximum Gasteiger partial charge on any atom is 0.325 e. The van der Waals surface area contributed by atoms with Gasteiger partial charge in [-0.2, -0.15) is 0 Å². The molecule has 0 bridgehead atoms. The minimum absolute atomic E-state index is 0.331. The van der Waals surface area contributed by atoms with Crippen molar-refractivity contribution in [2.75, 3.05) is 17.7 Å². The number of methoxy groups -OCH3 is 1. The fraction of sp³-hybridized carbons (Fsp3) is 0.111. The monoisotopic (exact) mass is 323 g/mol. The molecule has 0 unspecified atom stereocenters. The van der Waals surface area contributed by atoms with Gasteiger partial charge < -0.3 is 14.6 Å². The van der Waals surface area contributed by atoms with E-state index in [1.165, 1.54) is 0 Å². The van der Waals surface area contributed by atoms with Crippen LogP contribution in [0, 0.1) is 6.92 Å². The number of rotatable bonds is 4. The van der Waals surface area contributed by atoms with E-state index in [1.54, 1.807) is 19.2 Å². The molecule has 3 aromatic rings. The molecule has 0 saturated carbocycles. The van der Waals surface area contributed by atoms with Crippen LogP contribution in [0.25, 0.3) is 11.3 Å². The smallest absolute Gasteiger partial charge is 0.325 e. The van der Waals surface area contributed by atoms with Gasteiger partial charge in [0.1, 0.15) is 5.75 Å². The van der Waals surface area contributed by atoms with Gasteiger partial charge in [0.05, 0.1) is 12.8 Å². The minimum atomic E-state index is -0.424. The predicted molar refractivity (Wildman–Crippen MR) is 92.3 cm³/mol. The van der Waals surface area contributed by atoms with Crippen LogP contribution in [0.3, 0.4) is 0 Å². The van der Waals surface area contributed by atoms with E-state index in [1.807, 2.05) is 49.4 Å². The fourth-order valence-electron chi connectivity index (χ4n) is 2.26. The zero-order valence-corrected chi connectivity index (χ0v) is 13.4. The number of benzene rings is 2. The molecule has 0 fully saturated rings. The molecular weight excluding hydrogens is 306 g/mol. The lowest BCUT2D eigenvalue weighted by molar-refractivity contribution is 0.261. The van der Waals surface area contributed by atoms with E-state index in [0.29, 0.717) is 23.0 Å². The molecule has 0 aliphatic rings. The van der Waals surface area contributed by atoms with Crippen LogP contribution < -0.4 is 15.4 Å². The van der Waals surface area contributed by atoms with E-state index in [0.717, 1.165) is 11.1 Å². The molecule has 0 spiro atoms. The van der Waals surface area contributed by atoms with Gasteiger partial charge in [0.15, 0.2) is 11.6 Å². The quantitative estimate of drug-likeness (QED) is 0.750. The number of aromatic nitrogens is 1. The number of anilines is 2. The van der Waals surface area contributed by atoms with Gasteiger partial charge in [-0.05, 0) is 24.6 Å². The number of carbonyl (C=O) groups is 1. The van der Waals surface area contributed by atoms with Crippen molar-refractivity contribution >= 4 is 17.5 Å². The highest BCUT2D eigenvalue weighted by atomic mass is 16.5. The van der Waals surface area contributed by atoms with Crippen molar-refractivity contribution in [2.24, 2.45) is 0 Å². The summed E-state index contributed by atoms with van der Waals surface area (Å²) in [6.45, 7) is 1.94. The Kier molecular flexibility index (Phi) is 4.47. The first-order chi connectivity index (χ1) is 11.7. The highest BCUT2D eigenvalue weighted by molar-refractivity contribution is 6.00. The van der Waals surface area contributed by atoms with Crippen molar-refractivity contribution in [2.45, 2.75) is 6.92 Å². The third kappa shape index (κ3) is 3.55. The number of carbonyl (C=O) groups excluding carboxylic acids is 1. The molecule has 0 saturated heterocycles. The molecule has 24 heavy (non-hydrogen) atoms. The van der Waals surface area contributed by atoms with E-state index in [9.17, 15) is 4.79 Å². The maximum atomic E-state index is 12.1. The molecule has 2 amide bonds. The number of nitrogens with zero attached hydrogens (tertiary/aromatic N) is 1. The lowest BCUT2D eigenvalue weighted by atomic mass is 10.2. The van der Waals surface area contributed by atoms with Gasteiger partial charge in [-0.3, -0.25) is 5.32 Å². The Morgan fingerprint density at radius 1 is 1.08 bits per heavy atom. The molecule has 0 radical (unpaired) electrons. The van der Waals surface area contributed by atoms with Gasteiger partial charge in [0.25, 0.3) is 0 Å². The van der Waals surface area contributed by atoms with Gasteiger partial charge in [-0.1, -0.05) is 41.6 Å². The SMILES string of the molecule is COc1ccc(C)cc1NC(=O)Nc1cc(-c2ccccc2)on1. The molecule has 2 aromatic carbocycles. The van der Waals surface area contributed by atoms with Crippen LogP contribution in [-0.4, -0.2) is 18.3 Å². The summed E-state index contributed by atoms with van der Waals surface area (Å²) in [5.74, 6) is 1.50. The zero-order chi connectivity index (χ0) is 16.9. The Bertz CT molecular complexity index is 844. The second kappa shape index (κ2) is 6.87. The zero-order valence-electron chi connectivity index (χ0n) is 13.4. The fourth-order valence-corrected chi connectivity index (χ4v) is 2.26. The Morgan fingerprint density at radius 2 is 1.88 bits per heavy atom. The molecule has 6 heteroatoms. The first kappa shape index (κ1) is 15.6. The number of amides is 2. The highest BCUT2D eigenvalue weighted by Crippen LogP contribution is 2.26. The van der Waals surface area contributed by atoms with Gasteiger partial charge in [0, 0.05) is 11.6 Å². The second-order valence-electron chi connectivity index (χ2n) is 5.23. The molecule has 0 aliphatic heterocycles. The van der Waals surface area contributed by atoms with E-state index in [2.05, 4.69) is 15.8 Å². The van der Waals surface area contributed by atoms with Crippen molar-refractivity contribution in [3.05, 3.63) is 60.2 Å². The molecular formula is C18H17N3O3. The van der Waals surface area contributed by atoms with E-state index in [4.69, 9.17) is 9.26 Å². The summed E-state index contributed by atoms with van der Waals surface area (Å²) in [6.07, 6.45) is 0. The van der Waals surface area contributed by atoms with Crippen molar-refractivity contribution in [3.8, 4) is 17.1 Å². The Hall–Kier alpha value is -3.28. The van der Waals surface area contributed by atoms with E-state index in [-0.39, 0.29) is 0 Å². The van der Waals surface area contributed by atoms with Gasteiger partial charge in [-0.15, -0.1) is 0 Å². The van der Waals surface area contributed by atoms with Crippen LogP contribution in [0.15, 0.2) is 59.1 Å². The summed E-state index contributed by atoms with van der Waals surface area (Å²) in [5.41, 5.74) is 2.49. The molecule has 0 atom stereocenters. The molecule has 2 N–H and O–H groups in total. The van der Waals surface area contributed by atoms with Crippen molar-refractivity contribution < 1.29 is 14.1 Å². The summed E-state index contributed by atoms with van der Waals surface area (Å²) >= 11 is 0. The topological polar surface area (TPSA) is 76.4 Å². The van der Waals surface area contributed by atoms with Crippen LogP contribution in [0.1, 0.15) is 5.56 Å². The molecule has 3 rings (SSSR count). The molecule has 1 aromatic heterocycles. The summed E-state index contributed by atoms with van der Waals surface area (Å²) in [6, 6.07) is 16.3. The lowest BCUT2D eigenvalue weighted by Gasteiger charge is -2.10. The van der Waals surface area contributed by atoms with Crippen molar-refractivity contribution in [3.63, 3.8) is 0 Å². The van der Waals surface area contributed by atoms with Gasteiger partial charge in [-0.25, -0.2) is 4.79 Å². The first-order valence-corrected chi connectivity index (χ1v) is 7.40. The summed E-state index contributed by atoms with van der Waals surface area (Å²) in [5, 5.41) is 9.24. The minimum Gasteiger partial charge on any atom is -0.495 e. The Labute approximate surface area is 139 Å². The van der Waals surface area contributed by atoms with Crippen LogP contribution in [0.2, 0.25) is 0 Å². The normalized spacial score (nSPS) is 10.2. The van der Waals surface area contributed by atoms with Crippen LogP contribution in [-0.2, 0) is 0 Å². The summed E-state index contributed by atoms with van der Waals surface area (Å²) in [4.78, 5) is 12.1. The van der Waals surface area contributed by atoms with Crippen LogP contribution in [0.4, 0.5) is 16.3 Å². The number of nitrogens with one attached hydrogen (secondary N) is 2. The number of hydrogen-bond acceptors (Lipinski definition) is 4. The predicted octanol–water partition coefficient (Wildman–Crippen LogP) is 4.30.